The third-order valence-electron chi connectivity index (χ3n) is 3.79. The highest BCUT2D eigenvalue weighted by Crippen LogP contribution is 2.30. The van der Waals surface area contributed by atoms with E-state index in [1.165, 1.54) is 17.5 Å². The first-order valence-corrected chi connectivity index (χ1v) is 6.50. The van der Waals surface area contributed by atoms with Gasteiger partial charge in [-0.05, 0) is 30.9 Å². The molecule has 17 heavy (non-hydrogen) atoms. The van der Waals surface area contributed by atoms with Crippen LogP contribution in [0.5, 0.6) is 0 Å². The number of hydrogen-bond acceptors (Lipinski definition) is 2. The number of nitrogens with two attached hydrogens (primary N) is 1. The minimum absolute atomic E-state index is 0.0340. The number of hydrogen-bond donors (Lipinski definition) is 2. The summed E-state index contributed by atoms with van der Waals surface area (Å²) in [6, 6.07) is 8.70. The van der Waals surface area contributed by atoms with Crippen LogP contribution < -0.4 is 5.73 Å². The zero-order valence-corrected chi connectivity index (χ0v) is 11.2. The van der Waals surface area contributed by atoms with Crippen LogP contribution in [0.1, 0.15) is 44.7 Å². The van der Waals surface area contributed by atoms with Crippen LogP contribution in [0.25, 0.3) is 0 Å². The van der Waals surface area contributed by atoms with Crippen molar-refractivity contribution in [1.82, 2.24) is 0 Å². The second kappa shape index (κ2) is 6.18. The molecule has 0 heterocycles. The van der Waals surface area contributed by atoms with Crippen molar-refractivity contribution in [3.63, 3.8) is 0 Å². The maximum Gasteiger partial charge on any atom is 0.0440 e. The normalized spacial score (nSPS) is 16.5. The van der Waals surface area contributed by atoms with Gasteiger partial charge in [0.05, 0.1) is 0 Å². The monoisotopic (exact) mass is 235 g/mol. The molecule has 0 amide bonds. The fourth-order valence-electron chi connectivity index (χ4n) is 2.21. The summed E-state index contributed by atoms with van der Waals surface area (Å²) in [5.41, 5.74) is 8.53. The Morgan fingerprint density at radius 2 is 1.88 bits per heavy atom. The standard InChI is InChI=1S/C15H25NO/c1-4-5-13-6-8-14(9-7-13)15(3,10-11-17)12(2)16/h6-9,12,17H,4-5,10-11,16H2,1-3H3. The van der Waals surface area contributed by atoms with Gasteiger partial charge in [-0.1, -0.05) is 44.5 Å². The molecule has 2 unspecified atom stereocenters. The minimum atomic E-state index is -0.139. The van der Waals surface area contributed by atoms with Gasteiger partial charge in [-0.2, -0.15) is 0 Å². The van der Waals surface area contributed by atoms with Crippen molar-refractivity contribution in [1.29, 1.82) is 0 Å². The molecule has 0 saturated carbocycles. The van der Waals surface area contributed by atoms with Gasteiger partial charge in [-0.3, -0.25) is 0 Å². The molecule has 1 aromatic carbocycles. The first kappa shape index (κ1) is 14.2. The van der Waals surface area contributed by atoms with Gasteiger partial charge in [-0.25, -0.2) is 0 Å². The lowest BCUT2D eigenvalue weighted by Gasteiger charge is -2.33. The van der Waals surface area contributed by atoms with Gasteiger partial charge in [0.15, 0.2) is 0 Å². The van der Waals surface area contributed by atoms with E-state index in [1.54, 1.807) is 0 Å². The predicted molar refractivity (Wildman–Crippen MR) is 73.1 cm³/mol. The number of aliphatic hydroxyl groups is 1. The average molecular weight is 235 g/mol. The lowest BCUT2D eigenvalue weighted by Crippen LogP contribution is -2.41. The van der Waals surface area contributed by atoms with Gasteiger partial charge in [0, 0.05) is 18.1 Å². The summed E-state index contributed by atoms with van der Waals surface area (Å²) in [7, 11) is 0. The molecule has 0 saturated heterocycles. The smallest absolute Gasteiger partial charge is 0.0440 e. The van der Waals surface area contributed by atoms with E-state index in [9.17, 15) is 5.11 Å². The molecule has 96 valence electrons. The highest BCUT2D eigenvalue weighted by atomic mass is 16.3. The van der Waals surface area contributed by atoms with Crippen molar-refractivity contribution in [3.05, 3.63) is 35.4 Å². The van der Waals surface area contributed by atoms with Crippen LogP contribution >= 0.6 is 0 Å². The molecule has 0 aromatic heterocycles. The van der Waals surface area contributed by atoms with Crippen molar-refractivity contribution < 1.29 is 5.11 Å². The van der Waals surface area contributed by atoms with Crippen LogP contribution in [0.3, 0.4) is 0 Å². The number of benzene rings is 1. The zero-order chi connectivity index (χ0) is 12.9. The molecule has 0 bridgehead atoms. The molecule has 2 nitrogen and oxygen atoms in total. The Morgan fingerprint density at radius 3 is 2.29 bits per heavy atom. The lowest BCUT2D eigenvalue weighted by atomic mass is 9.74. The maximum atomic E-state index is 9.20. The zero-order valence-electron chi connectivity index (χ0n) is 11.2. The van der Waals surface area contributed by atoms with E-state index in [0.29, 0.717) is 6.42 Å². The number of aliphatic hydroxyl groups excluding tert-OH is 1. The molecular weight excluding hydrogens is 210 g/mol. The van der Waals surface area contributed by atoms with Gasteiger partial charge in [0.25, 0.3) is 0 Å². The van der Waals surface area contributed by atoms with Crippen molar-refractivity contribution in [3.8, 4) is 0 Å². The molecular formula is C15H25NO. The van der Waals surface area contributed by atoms with E-state index in [2.05, 4.69) is 38.1 Å². The second-order valence-electron chi connectivity index (χ2n) is 5.13. The lowest BCUT2D eigenvalue weighted by molar-refractivity contribution is 0.229. The molecule has 1 aromatic rings. The van der Waals surface area contributed by atoms with Gasteiger partial charge in [0.2, 0.25) is 0 Å². The Balaban J connectivity index is 2.95. The van der Waals surface area contributed by atoms with Gasteiger partial charge in [0.1, 0.15) is 0 Å². The van der Waals surface area contributed by atoms with Crippen molar-refractivity contribution >= 4 is 0 Å². The summed E-state index contributed by atoms with van der Waals surface area (Å²) in [4.78, 5) is 0. The van der Waals surface area contributed by atoms with E-state index in [1.807, 2.05) is 6.92 Å². The van der Waals surface area contributed by atoms with E-state index >= 15 is 0 Å². The van der Waals surface area contributed by atoms with Crippen molar-refractivity contribution in [2.75, 3.05) is 6.61 Å². The molecule has 2 atom stereocenters. The third kappa shape index (κ3) is 3.30. The van der Waals surface area contributed by atoms with Crippen LogP contribution in [0.2, 0.25) is 0 Å². The first-order chi connectivity index (χ1) is 8.04. The van der Waals surface area contributed by atoms with Crippen LogP contribution in [-0.2, 0) is 11.8 Å². The topological polar surface area (TPSA) is 46.2 Å². The summed E-state index contributed by atoms with van der Waals surface area (Å²) in [6.45, 7) is 6.50. The SMILES string of the molecule is CCCc1ccc(C(C)(CCO)C(C)N)cc1. The van der Waals surface area contributed by atoms with Crippen LogP contribution in [0, 0.1) is 0 Å². The fourth-order valence-corrected chi connectivity index (χ4v) is 2.21. The summed E-state index contributed by atoms with van der Waals surface area (Å²) < 4.78 is 0. The highest BCUT2D eigenvalue weighted by molar-refractivity contribution is 5.30. The Bertz CT molecular complexity index is 331. The van der Waals surface area contributed by atoms with Gasteiger partial charge < -0.3 is 10.8 Å². The van der Waals surface area contributed by atoms with E-state index in [0.717, 1.165) is 6.42 Å². The second-order valence-corrected chi connectivity index (χ2v) is 5.13. The Kier molecular flexibility index (Phi) is 5.16. The van der Waals surface area contributed by atoms with Crippen LogP contribution in [0.4, 0.5) is 0 Å². The maximum absolute atomic E-state index is 9.20. The van der Waals surface area contributed by atoms with Gasteiger partial charge >= 0.3 is 0 Å². The predicted octanol–water partition coefficient (Wildman–Crippen LogP) is 2.63. The molecule has 0 aliphatic rings. The minimum Gasteiger partial charge on any atom is -0.396 e. The van der Waals surface area contributed by atoms with E-state index in [4.69, 9.17) is 5.73 Å². The summed E-state index contributed by atoms with van der Waals surface area (Å²) in [5, 5.41) is 9.20. The summed E-state index contributed by atoms with van der Waals surface area (Å²) in [5.74, 6) is 0. The molecule has 2 heteroatoms. The summed E-state index contributed by atoms with van der Waals surface area (Å²) >= 11 is 0. The first-order valence-electron chi connectivity index (χ1n) is 6.50. The quantitative estimate of drug-likeness (QED) is 0.796. The highest BCUT2D eigenvalue weighted by Gasteiger charge is 2.30. The Labute approximate surface area is 105 Å². The largest absolute Gasteiger partial charge is 0.396 e. The molecule has 0 aliphatic carbocycles. The van der Waals surface area contributed by atoms with E-state index < -0.39 is 0 Å². The van der Waals surface area contributed by atoms with Gasteiger partial charge in [-0.15, -0.1) is 0 Å². The molecule has 0 aliphatic heterocycles. The van der Waals surface area contributed by atoms with Crippen molar-refractivity contribution in [2.24, 2.45) is 5.73 Å². The van der Waals surface area contributed by atoms with Crippen LogP contribution in [0.15, 0.2) is 24.3 Å². The van der Waals surface area contributed by atoms with Crippen LogP contribution in [-0.4, -0.2) is 17.8 Å². The van der Waals surface area contributed by atoms with E-state index in [-0.39, 0.29) is 18.1 Å². The molecule has 0 spiro atoms. The fraction of sp³-hybridized carbons (Fsp3) is 0.600. The average Bonchev–Trinajstić information content (AvgIpc) is 2.30. The summed E-state index contributed by atoms with van der Waals surface area (Å²) in [6.07, 6.45) is 2.99. The molecule has 1 rings (SSSR count). The molecule has 0 fully saturated rings. The van der Waals surface area contributed by atoms with Crippen molar-refractivity contribution in [2.45, 2.75) is 51.5 Å². The number of aryl methyl sites for hydroxylation is 1. The Hall–Kier alpha value is -0.860. The Morgan fingerprint density at radius 1 is 1.29 bits per heavy atom. The molecule has 3 N–H and O–H groups in total. The third-order valence-corrected chi connectivity index (χ3v) is 3.79. The molecule has 0 radical (unpaired) electrons. The number of rotatable bonds is 6.